The average molecular weight is 518 g/mol. The Hall–Kier alpha value is -2.65. The van der Waals surface area contributed by atoms with Crippen molar-refractivity contribution >= 4 is 33.2 Å². The predicted molar refractivity (Wildman–Crippen MR) is 133 cm³/mol. The molecule has 12 nitrogen and oxygen atoms in total. The van der Waals surface area contributed by atoms with Gasteiger partial charge in [-0.1, -0.05) is 12.1 Å². The third-order valence-corrected chi connectivity index (χ3v) is 6.98. The molecule has 2 aliphatic rings. The molecule has 200 valence electrons. The topological polar surface area (TPSA) is 197 Å². The van der Waals surface area contributed by atoms with Gasteiger partial charge in [-0.05, 0) is 37.3 Å². The first-order valence-electron chi connectivity index (χ1n) is 12.0. The zero-order chi connectivity index (χ0) is 26.4. The highest BCUT2D eigenvalue weighted by molar-refractivity contribution is 5.95. The van der Waals surface area contributed by atoms with E-state index in [1.165, 1.54) is 0 Å². The van der Waals surface area contributed by atoms with Crippen LogP contribution >= 0.6 is 0 Å². The molecule has 37 heavy (non-hydrogen) atoms. The quantitative estimate of drug-likeness (QED) is 0.184. The summed E-state index contributed by atoms with van der Waals surface area (Å²) in [7, 11) is 0. The number of ether oxygens (including phenoxy) is 2. The van der Waals surface area contributed by atoms with Crippen molar-refractivity contribution in [2.24, 2.45) is 0 Å². The highest BCUT2D eigenvalue weighted by Crippen LogP contribution is 2.28. The fourth-order valence-corrected chi connectivity index (χ4v) is 4.72. The summed E-state index contributed by atoms with van der Waals surface area (Å²) in [6, 6.07) is 12.7. The highest BCUT2D eigenvalue weighted by Gasteiger charge is 2.44. The Morgan fingerprint density at radius 3 is 1.73 bits per heavy atom. The van der Waals surface area contributed by atoms with Crippen LogP contribution in [-0.2, 0) is 9.47 Å². The maximum atomic E-state index is 10.3. The molecule has 0 bridgehead atoms. The summed E-state index contributed by atoms with van der Waals surface area (Å²) in [5, 5.41) is 77.7. The number of aromatic nitrogens is 1. The van der Waals surface area contributed by atoms with Gasteiger partial charge in [-0.25, -0.2) is 4.98 Å². The van der Waals surface area contributed by atoms with Gasteiger partial charge in [0, 0.05) is 22.1 Å². The van der Waals surface area contributed by atoms with Crippen LogP contribution in [0.25, 0.3) is 21.8 Å². The molecule has 2 fully saturated rings. The second-order valence-electron chi connectivity index (χ2n) is 9.58. The molecule has 1 aromatic heterocycles. The van der Waals surface area contributed by atoms with Crippen molar-refractivity contribution in [2.75, 3.05) is 17.2 Å². The Balaban J connectivity index is 1.38. The first kappa shape index (κ1) is 26.0. The monoisotopic (exact) mass is 517 g/mol. The second kappa shape index (κ2) is 10.3. The SMILES string of the molecule is C[C@@H]1O[C@@H](Nc2ccc3cc4ccc(N[C@@H]5O[C@H](CO)[C@@H](O)[C@H](O)[C@H]5O)cc4nc3c2)[C@H](O)[C@H](O)[C@H]1O. The van der Waals surface area contributed by atoms with Gasteiger partial charge in [-0.3, -0.25) is 0 Å². The Kier molecular flexibility index (Phi) is 7.20. The smallest absolute Gasteiger partial charge is 0.157 e. The minimum Gasteiger partial charge on any atom is -0.394 e. The van der Waals surface area contributed by atoms with Crippen LogP contribution in [0.4, 0.5) is 11.4 Å². The third kappa shape index (κ3) is 4.95. The lowest BCUT2D eigenvalue weighted by Gasteiger charge is -2.40. The van der Waals surface area contributed by atoms with Crippen molar-refractivity contribution in [1.29, 1.82) is 0 Å². The number of benzene rings is 2. The number of aliphatic hydroxyl groups excluding tert-OH is 7. The third-order valence-electron chi connectivity index (χ3n) is 6.98. The molecule has 0 unspecified atom stereocenters. The van der Waals surface area contributed by atoms with Crippen LogP contribution < -0.4 is 10.6 Å². The molecule has 0 amide bonds. The molecule has 3 heterocycles. The number of nitrogens with zero attached hydrogens (tertiary/aromatic N) is 1. The zero-order valence-electron chi connectivity index (χ0n) is 19.9. The number of rotatable bonds is 5. The number of hydrogen-bond donors (Lipinski definition) is 9. The van der Waals surface area contributed by atoms with Gasteiger partial charge in [0.2, 0.25) is 0 Å². The van der Waals surface area contributed by atoms with E-state index in [9.17, 15) is 35.7 Å². The lowest BCUT2D eigenvalue weighted by molar-refractivity contribution is -0.221. The van der Waals surface area contributed by atoms with Crippen LogP contribution in [-0.4, -0.2) is 109 Å². The van der Waals surface area contributed by atoms with Gasteiger partial charge in [0.25, 0.3) is 0 Å². The fraction of sp³-hybridized carbons (Fsp3) is 0.480. The maximum absolute atomic E-state index is 10.3. The number of aliphatic hydroxyl groups is 7. The molecule has 5 rings (SSSR count). The summed E-state index contributed by atoms with van der Waals surface area (Å²) >= 11 is 0. The van der Waals surface area contributed by atoms with Gasteiger partial charge < -0.3 is 55.9 Å². The van der Waals surface area contributed by atoms with Crippen LogP contribution in [0.2, 0.25) is 0 Å². The van der Waals surface area contributed by atoms with Crippen molar-refractivity contribution in [3.8, 4) is 0 Å². The molecule has 0 spiro atoms. The van der Waals surface area contributed by atoms with E-state index >= 15 is 0 Å². The molecule has 2 saturated heterocycles. The fourth-order valence-electron chi connectivity index (χ4n) is 4.72. The van der Waals surface area contributed by atoms with Gasteiger partial charge in [-0.2, -0.15) is 0 Å². The highest BCUT2D eigenvalue weighted by atomic mass is 16.6. The van der Waals surface area contributed by atoms with E-state index in [1.54, 1.807) is 31.2 Å². The Labute approximate surface area is 211 Å². The van der Waals surface area contributed by atoms with E-state index in [1.807, 2.05) is 18.2 Å². The van der Waals surface area contributed by atoms with E-state index in [4.69, 9.17) is 14.5 Å². The predicted octanol–water partition coefficient (Wildman–Crippen LogP) is -1.16. The Bertz CT molecular complexity index is 1260. The number of nitrogens with one attached hydrogen (secondary N) is 2. The van der Waals surface area contributed by atoms with E-state index in [0.29, 0.717) is 22.4 Å². The molecular weight excluding hydrogens is 486 g/mol. The van der Waals surface area contributed by atoms with E-state index < -0.39 is 67.9 Å². The van der Waals surface area contributed by atoms with Gasteiger partial charge in [0.05, 0.1) is 23.7 Å². The van der Waals surface area contributed by atoms with E-state index in [0.717, 1.165) is 10.8 Å². The summed E-state index contributed by atoms with van der Waals surface area (Å²) in [6.45, 7) is 1.09. The molecule has 10 atom stereocenters. The maximum Gasteiger partial charge on any atom is 0.157 e. The molecular formula is C25H31N3O9. The summed E-state index contributed by atoms with van der Waals surface area (Å²) in [6.07, 6.45) is -11.9. The average Bonchev–Trinajstić information content (AvgIpc) is 2.89. The van der Waals surface area contributed by atoms with Crippen LogP contribution in [0, 0.1) is 0 Å². The standard InChI is InChI=1S/C25H31N3O9/c1-10-18(30)20(32)22(34)24(36-10)26-13-4-2-11-6-12-3-5-14(8-16(12)28-15(11)7-13)27-25-23(35)21(33)19(31)17(9-29)37-25/h2-8,10,17-27,29-35H,9H2,1H3/t10-,17+,18-,19+,20+,21-,22+,23+,24+,25+/m0/s1. The molecule has 0 aliphatic carbocycles. The van der Waals surface area contributed by atoms with E-state index in [2.05, 4.69) is 10.6 Å². The minimum absolute atomic E-state index is 0.522. The molecule has 3 aromatic rings. The number of fused-ring (bicyclic) bond motifs is 2. The lowest BCUT2D eigenvalue weighted by Crippen LogP contribution is -2.60. The van der Waals surface area contributed by atoms with Gasteiger partial charge in [-0.15, -0.1) is 0 Å². The molecule has 0 saturated carbocycles. The summed E-state index contributed by atoms with van der Waals surface area (Å²) < 4.78 is 11.1. The normalized spacial score (nSPS) is 36.5. The summed E-state index contributed by atoms with van der Waals surface area (Å²) in [4.78, 5) is 4.72. The van der Waals surface area contributed by atoms with Gasteiger partial charge in [0.1, 0.15) is 42.7 Å². The molecule has 2 aliphatic heterocycles. The second-order valence-corrected chi connectivity index (χ2v) is 9.58. The molecule has 0 radical (unpaired) electrons. The van der Waals surface area contributed by atoms with Crippen LogP contribution in [0.1, 0.15) is 6.92 Å². The van der Waals surface area contributed by atoms with Crippen LogP contribution in [0.3, 0.4) is 0 Å². The Morgan fingerprint density at radius 2 is 1.19 bits per heavy atom. The summed E-state index contributed by atoms with van der Waals surface area (Å²) in [5.74, 6) is 0. The first-order chi connectivity index (χ1) is 17.7. The minimum atomic E-state index is -1.49. The number of pyridine rings is 1. The largest absolute Gasteiger partial charge is 0.394 e. The van der Waals surface area contributed by atoms with Crippen LogP contribution in [0.15, 0.2) is 42.5 Å². The van der Waals surface area contributed by atoms with Gasteiger partial charge in [0.15, 0.2) is 12.5 Å². The van der Waals surface area contributed by atoms with Crippen molar-refractivity contribution in [3.05, 3.63) is 42.5 Å². The zero-order valence-corrected chi connectivity index (χ0v) is 19.9. The van der Waals surface area contributed by atoms with Crippen molar-refractivity contribution < 1.29 is 45.2 Å². The molecule has 9 N–H and O–H groups in total. The summed E-state index contributed by atoms with van der Waals surface area (Å²) in [5.41, 5.74) is 2.40. The van der Waals surface area contributed by atoms with Crippen molar-refractivity contribution in [2.45, 2.75) is 68.2 Å². The molecule has 12 heteroatoms. The van der Waals surface area contributed by atoms with Crippen molar-refractivity contribution in [1.82, 2.24) is 4.98 Å². The van der Waals surface area contributed by atoms with Gasteiger partial charge >= 0.3 is 0 Å². The van der Waals surface area contributed by atoms with Crippen LogP contribution in [0.5, 0.6) is 0 Å². The molecule has 2 aromatic carbocycles. The Morgan fingerprint density at radius 1 is 0.676 bits per heavy atom. The number of hydrogen-bond acceptors (Lipinski definition) is 12. The first-order valence-corrected chi connectivity index (χ1v) is 12.0. The van der Waals surface area contributed by atoms with E-state index in [-0.39, 0.29) is 0 Å². The lowest BCUT2D eigenvalue weighted by atomic mass is 9.98. The van der Waals surface area contributed by atoms with Crippen molar-refractivity contribution in [3.63, 3.8) is 0 Å². The number of anilines is 2.